The molecule has 154 valence electrons. The van der Waals surface area contributed by atoms with Crippen LogP contribution >= 0.6 is 11.3 Å². The predicted molar refractivity (Wildman–Crippen MR) is 116 cm³/mol. The van der Waals surface area contributed by atoms with Crippen molar-refractivity contribution < 1.29 is 9.59 Å². The minimum absolute atomic E-state index is 0.0847. The van der Waals surface area contributed by atoms with Gasteiger partial charge < -0.3 is 9.80 Å². The Labute approximate surface area is 176 Å². The van der Waals surface area contributed by atoms with Crippen LogP contribution in [0.25, 0.3) is 0 Å². The zero-order chi connectivity index (χ0) is 20.4. The second kappa shape index (κ2) is 8.63. The number of anilines is 1. The first-order valence-corrected chi connectivity index (χ1v) is 11.2. The summed E-state index contributed by atoms with van der Waals surface area (Å²) in [6, 6.07) is 8.06. The number of carbonyl (C=O) groups is 2. The number of hydrogen-bond acceptors (Lipinski definition) is 6. The Balaban J connectivity index is 1.35. The lowest BCUT2D eigenvalue weighted by atomic mass is 10.1. The van der Waals surface area contributed by atoms with Gasteiger partial charge in [0.1, 0.15) is 0 Å². The van der Waals surface area contributed by atoms with Crippen molar-refractivity contribution in [3.63, 3.8) is 0 Å². The number of rotatable bonds is 5. The highest BCUT2D eigenvalue weighted by molar-refractivity contribution is 7.17. The van der Waals surface area contributed by atoms with Crippen LogP contribution in [0.15, 0.2) is 24.3 Å². The second-order valence-electron chi connectivity index (χ2n) is 7.97. The molecule has 0 saturated carbocycles. The molecule has 0 aliphatic carbocycles. The molecule has 3 heterocycles. The molecule has 1 aromatic heterocycles. The van der Waals surface area contributed by atoms with Crippen molar-refractivity contribution in [3.8, 4) is 0 Å². The first-order valence-electron chi connectivity index (χ1n) is 10.3. The number of amides is 1. The molecule has 6 nitrogen and oxygen atoms in total. The molecule has 0 unspecified atom stereocenters. The Morgan fingerprint density at radius 2 is 1.76 bits per heavy atom. The van der Waals surface area contributed by atoms with Gasteiger partial charge in [-0.3, -0.25) is 14.5 Å². The van der Waals surface area contributed by atoms with Gasteiger partial charge in [0.2, 0.25) is 0 Å². The minimum Gasteiger partial charge on any atom is -0.339 e. The lowest BCUT2D eigenvalue weighted by Gasteiger charge is -2.26. The third-order valence-electron chi connectivity index (χ3n) is 5.68. The summed E-state index contributed by atoms with van der Waals surface area (Å²) < 4.78 is 0. The average molecular weight is 413 g/mol. The number of ketones is 1. The van der Waals surface area contributed by atoms with Crippen LogP contribution in [-0.2, 0) is 6.54 Å². The number of Topliss-reactive ketones (excluding diaryl/α,β-unsaturated/α-hetero) is 1. The molecule has 1 amide bonds. The Morgan fingerprint density at radius 3 is 2.41 bits per heavy atom. The van der Waals surface area contributed by atoms with Gasteiger partial charge in [-0.2, -0.15) is 0 Å². The maximum atomic E-state index is 12.6. The van der Waals surface area contributed by atoms with E-state index in [1.54, 1.807) is 6.92 Å². The van der Waals surface area contributed by atoms with Crippen LogP contribution < -0.4 is 4.90 Å². The summed E-state index contributed by atoms with van der Waals surface area (Å²) in [5, 5.41) is 0.928. The van der Waals surface area contributed by atoms with E-state index in [-0.39, 0.29) is 11.7 Å². The number of nitrogens with zero attached hydrogens (tertiary/aromatic N) is 4. The fraction of sp³-hybridized carbons (Fsp3) is 0.500. The number of aromatic nitrogens is 1. The van der Waals surface area contributed by atoms with Crippen molar-refractivity contribution in [1.29, 1.82) is 0 Å². The maximum Gasteiger partial charge on any atom is 0.253 e. The van der Waals surface area contributed by atoms with E-state index in [9.17, 15) is 9.59 Å². The van der Waals surface area contributed by atoms with Crippen LogP contribution in [-0.4, -0.2) is 59.3 Å². The smallest absolute Gasteiger partial charge is 0.253 e. The van der Waals surface area contributed by atoms with Crippen molar-refractivity contribution in [1.82, 2.24) is 14.8 Å². The van der Waals surface area contributed by atoms with E-state index in [1.165, 1.54) is 23.3 Å². The van der Waals surface area contributed by atoms with Gasteiger partial charge in [0.05, 0.1) is 17.2 Å². The van der Waals surface area contributed by atoms with Gasteiger partial charge in [0.15, 0.2) is 10.9 Å². The van der Waals surface area contributed by atoms with Crippen molar-refractivity contribution >= 4 is 28.2 Å². The number of aryl methyl sites for hydroxylation is 1. The Hall–Kier alpha value is -2.25. The lowest BCUT2D eigenvalue weighted by Crippen LogP contribution is -2.35. The van der Waals surface area contributed by atoms with E-state index < -0.39 is 0 Å². The number of thiazole rings is 1. The summed E-state index contributed by atoms with van der Waals surface area (Å²) in [6.07, 6.45) is 3.45. The van der Waals surface area contributed by atoms with Gasteiger partial charge in [0, 0.05) is 45.2 Å². The quantitative estimate of drug-likeness (QED) is 0.703. The van der Waals surface area contributed by atoms with Crippen LogP contribution in [0.4, 0.5) is 5.13 Å². The number of likely N-dealkylation sites (tertiary alicyclic amines) is 1. The van der Waals surface area contributed by atoms with E-state index >= 15 is 0 Å². The van der Waals surface area contributed by atoms with Crippen LogP contribution in [0.1, 0.15) is 57.5 Å². The van der Waals surface area contributed by atoms with E-state index in [4.69, 9.17) is 0 Å². The predicted octanol–water partition coefficient (Wildman–Crippen LogP) is 3.56. The molecular formula is C22H28N4O2S. The van der Waals surface area contributed by atoms with Crippen molar-refractivity contribution in [2.45, 2.75) is 39.7 Å². The molecular weight excluding hydrogens is 384 g/mol. The molecule has 2 aliphatic rings. The summed E-state index contributed by atoms with van der Waals surface area (Å²) in [7, 11) is 0. The fourth-order valence-electron chi connectivity index (χ4n) is 4.06. The number of benzene rings is 1. The van der Waals surface area contributed by atoms with Crippen molar-refractivity contribution in [2.24, 2.45) is 0 Å². The molecule has 0 radical (unpaired) electrons. The highest BCUT2D eigenvalue weighted by atomic mass is 32.1. The largest absolute Gasteiger partial charge is 0.339 e. The number of piperidine rings is 1. The Bertz CT molecular complexity index is 887. The summed E-state index contributed by atoms with van der Waals surface area (Å²) in [4.78, 5) is 36.2. The fourth-order valence-corrected chi connectivity index (χ4v) is 5.05. The standard InChI is InChI=1S/C22H28N4O2S/c1-16-20(17(2)27)29-22(23-16)26-13-12-24(15-26)14-18-6-8-19(9-7-18)21(28)25-10-4-3-5-11-25/h6-9H,3-5,10-15H2,1-2H3. The van der Waals surface area contributed by atoms with Crippen molar-refractivity contribution in [3.05, 3.63) is 46.0 Å². The zero-order valence-corrected chi connectivity index (χ0v) is 18.0. The molecule has 2 aromatic rings. The van der Waals surface area contributed by atoms with Gasteiger partial charge in [-0.25, -0.2) is 4.98 Å². The van der Waals surface area contributed by atoms with Crippen molar-refractivity contribution in [2.75, 3.05) is 37.7 Å². The first kappa shape index (κ1) is 20.0. The minimum atomic E-state index is 0.0847. The van der Waals surface area contributed by atoms with Gasteiger partial charge >= 0.3 is 0 Å². The van der Waals surface area contributed by atoms with Crippen LogP contribution in [0, 0.1) is 6.92 Å². The highest BCUT2D eigenvalue weighted by Crippen LogP contribution is 2.28. The summed E-state index contributed by atoms with van der Waals surface area (Å²) >= 11 is 1.49. The molecule has 1 aromatic carbocycles. The maximum absolute atomic E-state index is 12.6. The normalized spacial score (nSPS) is 17.7. The van der Waals surface area contributed by atoms with Crippen LogP contribution in [0.3, 0.4) is 0 Å². The molecule has 0 bridgehead atoms. The van der Waals surface area contributed by atoms with E-state index in [1.807, 2.05) is 24.0 Å². The zero-order valence-electron chi connectivity index (χ0n) is 17.2. The van der Waals surface area contributed by atoms with E-state index in [0.29, 0.717) is 0 Å². The van der Waals surface area contributed by atoms with Crippen LogP contribution in [0.2, 0.25) is 0 Å². The van der Waals surface area contributed by atoms with Gasteiger partial charge in [-0.05, 0) is 43.9 Å². The molecule has 29 heavy (non-hydrogen) atoms. The Kier molecular flexibility index (Phi) is 5.96. The third-order valence-corrected chi connectivity index (χ3v) is 7.00. The van der Waals surface area contributed by atoms with Gasteiger partial charge in [-0.1, -0.05) is 23.5 Å². The molecule has 2 saturated heterocycles. The van der Waals surface area contributed by atoms with Crippen LogP contribution in [0.5, 0.6) is 0 Å². The molecule has 0 N–H and O–H groups in total. The molecule has 2 fully saturated rings. The number of carbonyl (C=O) groups excluding carboxylic acids is 2. The summed E-state index contributed by atoms with van der Waals surface area (Å²) in [5.74, 6) is 0.241. The van der Waals surface area contributed by atoms with E-state index in [0.717, 1.165) is 73.5 Å². The molecule has 4 rings (SSSR count). The molecule has 7 heteroatoms. The van der Waals surface area contributed by atoms with E-state index in [2.05, 4.69) is 26.9 Å². The molecule has 2 aliphatic heterocycles. The van der Waals surface area contributed by atoms with Gasteiger partial charge in [0.25, 0.3) is 5.91 Å². The third kappa shape index (κ3) is 4.51. The monoisotopic (exact) mass is 412 g/mol. The SMILES string of the molecule is CC(=O)c1sc(N2CCN(Cc3ccc(C(=O)N4CCCCC4)cc3)C2)nc1C. The topological polar surface area (TPSA) is 56.8 Å². The average Bonchev–Trinajstić information content (AvgIpc) is 3.35. The molecule has 0 atom stereocenters. The second-order valence-corrected chi connectivity index (χ2v) is 8.95. The summed E-state index contributed by atoms with van der Waals surface area (Å²) in [5.41, 5.74) is 2.82. The Morgan fingerprint density at radius 1 is 1.03 bits per heavy atom. The van der Waals surface area contributed by atoms with Gasteiger partial charge in [-0.15, -0.1) is 0 Å². The first-order chi connectivity index (χ1) is 14.0. The highest BCUT2D eigenvalue weighted by Gasteiger charge is 2.24. The number of hydrogen-bond donors (Lipinski definition) is 0. The summed E-state index contributed by atoms with van der Waals surface area (Å²) in [6.45, 7) is 8.78. The molecule has 0 spiro atoms. The lowest BCUT2D eigenvalue weighted by molar-refractivity contribution is 0.0724.